The fourth-order valence-corrected chi connectivity index (χ4v) is 2.51. The normalized spacial score (nSPS) is 11.7. The summed E-state index contributed by atoms with van der Waals surface area (Å²) in [6, 6.07) is 8.53. The molecule has 0 fully saturated rings. The molecule has 8 heteroatoms. The topological polar surface area (TPSA) is 123 Å². The Balaban J connectivity index is 2.63. The van der Waals surface area contributed by atoms with Crippen LogP contribution in [0.25, 0.3) is 12.2 Å². The summed E-state index contributed by atoms with van der Waals surface area (Å²) in [6.45, 7) is 0. The summed E-state index contributed by atoms with van der Waals surface area (Å²) in [7, 11) is 3.86. The summed E-state index contributed by atoms with van der Waals surface area (Å²) in [5.41, 5.74) is 0.238. The summed E-state index contributed by atoms with van der Waals surface area (Å²) >= 11 is 0. The standard InChI is InChI=1S/C21H20O8/c1-27-18-10-12(4-6-16(18)22)8-14(20(24)25)15(21(26)29-3)9-13-5-7-17(23)19(11-13)28-2/h4-11,22-23H,1-3H3,(H,24,25)/b14-8+,15-9+. The summed E-state index contributed by atoms with van der Waals surface area (Å²) in [6.07, 6.45) is 2.57. The lowest BCUT2D eigenvalue weighted by molar-refractivity contribution is -0.138. The maximum atomic E-state index is 12.3. The van der Waals surface area contributed by atoms with E-state index in [9.17, 15) is 24.9 Å². The molecule has 0 aliphatic heterocycles. The molecule has 0 aromatic heterocycles. The Morgan fingerprint density at radius 2 is 1.24 bits per heavy atom. The van der Waals surface area contributed by atoms with Crippen LogP contribution in [0.1, 0.15) is 11.1 Å². The van der Waals surface area contributed by atoms with Crippen LogP contribution < -0.4 is 9.47 Å². The highest BCUT2D eigenvalue weighted by Gasteiger charge is 2.22. The molecule has 0 radical (unpaired) electrons. The van der Waals surface area contributed by atoms with Crippen LogP contribution in [0.5, 0.6) is 23.0 Å². The molecule has 0 bridgehead atoms. The molecule has 2 rings (SSSR count). The number of carbonyl (C=O) groups excluding carboxylic acids is 1. The van der Waals surface area contributed by atoms with Gasteiger partial charge >= 0.3 is 11.9 Å². The van der Waals surface area contributed by atoms with Gasteiger partial charge in [0.1, 0.15) is 0 Å². The minimum absolute atomic E-state index is 0.102. The SMILES string of the molecule is COC(=O)C(=C/c1ccc(O)c(OC)c1)/C(=C\c1ccc(O)c(OC)c1)C(=O)O. The van der Waals surface area contributed by atoms with Gasteiger partial charge in [0.25, 0.3) is 0 Å². The van der Waals surface area contributed by atoms with Gasteiger partial charge in [-0.15, -0.1) is 0 Å². The van der Waals surface area contributed by atoms with Gasteiger partial charge in [-0.3, -0.25) is 0 Å². The van der Waals surface area contributed by atoms with Gasteiger partial charge in [-0.05, 0) is 47.5 Å². The van der Waals surface area contributed by atoms with E-state index in [1.807, 2.05) is 0 Å². The molecule has 2 aromatic rings. The van der Waals surface area contributed by atoms with Crippen molar-refractivity contribution in [2.45, 2.75) is 0 Å². The van der Waals surface area contributed by atoms with Crippen LogP contribution in [0, 0.1) is 0 Å². The Hall–Kier alpha value is -3.94. The molecule has 3 N–H and O–H groups in total. The third-order valence-corrected chi connectivity index (χ3v) is 3.96. The van der Waals surface area contributed by atoms with Crippen LogP contribution in [0.3, 0.4) is 0 Å². The number of rotatable bonds is 7. The monoisotopic (exact) mass is 400 g/mol. The zero-order valence-corrected chi connectivity index (χ0v) is 16.0. The molecule has 8 nitrogen and oxygen atoms in total. The number of hydrogen-bond acceptors (Lipinski definition) is 7. The smallest absolute Gasteiger partial charge is 0.338 e. The molecule has 0 amide bonds. The van der Waals surface area contributed by atoms with Crippen LogP contribution >= 0.6 is 0 Å². The lowest BCUT2D eigenvalue weighted by atomic mass is 9.99. The van der Waals surface area contributed by atoms with Crippen molar-refractivity contribution >= 4 is 24.1 Å². The Bertz CT molecular complexity index is 988. The van der Waals surface area contributed by atoms with E-state index in [0.29, 0.717) is 11.1 Å². The van der Waals surface area contributed by atoms with Crippen molar-refractivity contribution in [1.82, 2.24) is 0 Å². The zero-order chi connectivity index (χ0) is 21.6. The molecular formula is C21H20O8. The first-order valence-electron chi connectivity index (χ1n) is 8.30. The number of carboxylic acid groups (broad SMARTS) is 1. The van der Waals surface area contributed by atoms with Gasteiger partial charge in [0.15, 0.2) is 23.0 Å². The number of esters is 1. The summed E-state index contributed by atoms with van der Waals surface area (Å²) < 4.78 is 14.8. The van der Waals surface area contributed by atoms with Gasteiger partial charge in [-0.1, -0.05) is 12.1 Å². The van der Waals surface area contributed by atoms with Crippen molar-refractivity contribution in [1.29, 1.82) is 0 Å². The van der Waals surface area contributed by atoms with Crippen LogP contribution in [0.4, 0.5) is 0 Å². The third-order valence-electron chi connectivity index (χ3n) is 3.96. The highest BCUT2D eigenvalue weighted by molar-refractivity contribution is 6.12. The van der Waals surface area contributed by atoms with Crippen LogP contribution in [0.2, 0.25) is 0 Å². The Kier molecular flexibility index (Phi) is 6.86. The molecule has 0 aliphatic rings. The van der Waals surface area contributed by atoms with Crippen molar-refractivity contribution in [3.63, 3.8) is 0 Å². The van der Waals surface area contributed by atoms with E-state index >= 15 is 0 Å². The number of hydrogen-bond donors (Lipinski definition) is 3. The molecule has 0 saturated carbocycles. The van der Waals surface area contributed by atoms with Gasteiger partial charge in [0.2, 0.25) is 0 Å². The maximum Gasteiger partial charge on any atom is 0.338 e. The molecule has 0 aliphatic carbocycles. The van der Waals surface area contributed by atoms with E-state index in [4.69, 9.17) is 14.2 Å². The minimum Gasteiger partial charge on any atom is -0.504 e. The first-order valence-corrected chi connectivity index (χ1v) is 8.30. The van der Waals surface area contributed by atoms with Gasteiger partial charge in [0.05, 0.1) is 32.5 Å². The molecule has 0 atom stereocenters. The Labute approximate surface area is 166 Å². The minimum atomic E-state index is -1.36. The second-order valence-corrected chi connectivity index (χ2v) is 5.78. The average Bonchev–Trinajstić information content (AvgIpc) is 2.71. The van der Waals surface area contributed by atoms with Crippen molar-refractivity contribution < 1.29 is 39.1 Å². The fraction of sp³-hybridized carbons (Fsp3) is 0.143. The van der Waals surface area contributed by atoms with Crippen LogP contribution in [0.15, 0.2) is 47.5 Å². The highest BCUT2D eigenvalue weighted by Crippen LogP contribution is 2.30. The number of benzene rings is 2. The molecule has 0 spiro atoms. The number of carbonyl (C=O) groups is 2. The molecule has 0 unspecified atom stereocenters. The molecule has 152 valence electrons. The van der Waals surface area contributed by atoms with Crippen molar-refractivity contribution in [2.75, 3.05) is 21.3 Å². The Morgan fingerprint density at radius 1 is 0.793 bits per heavy atom. The van der Waals surface area contributed by atoms with E-state index in [1.165, 1.54) is 62.8 Å². The zero-order valence-electron chi connectivity index (χ0n) is 16.0. The second-order valence-electron chi connectivity index (χ2n) is 5.78. The number of aromatic hydroxyl groups is 2. The van der Waals surface area contributed by atoms with Gasteiger partial charge in [0, 0.05) is 0 Å². The predicted molar refractivity (Wildman–Crippen MR) is 105 cm³/mol. The molecular weight excluding hydrogens is 380 g/mol. The van der Waals surface area contributed by atoms with E-state index < -0.39 is 11.9 Å². The van der Waals surface area contributed by atoms with Gasteiger partial charge in [-0.25, -0.2) is 9.59 Å². The molecule has 2 aromatic carbocycles. The lowest BCUT2D eigenvalue weighted by Gasteiger charge is -2.10. The quantitative estimate of drug-likeness (QED) is 0.368. The largest absolute Gasteiger partial charge is 0.504 e. The number of phenols is 2. The van der Waals surface area contributed by atoms with E-state index in [-0.39, 0.29) is 34.1 Å². The number of carboxylic acids is 1. The number of ether oxygens (including phenoxy) is 3. The molecule has 29 heavy (non-hydrogen) atoms. The number of methoxy groups -OCH3 is 3. The maximum absolute atomic E-state index is 12.3. The van der Waals surface area contributed by atoms with Crippen molar-refractivity contribution in [3.8, 4) is 23.0 Å². The van der Waals surface area contributed by atoms with Crippen molar-refractivity contribution in [2.24, 2.45) is 0 Å². The van der Waals surface area contributed by atoms with Crippen LogP contribution in [-0.2, 0) is 14.3 Å². The number of phenolic OH excluding ortho intramolecular Hbond substituents is 2. The van der Waals surface area contributed by atoms with Gasteiger partial charge < -0.3 is 29.5 Å². The summed E-state index contributed by atoms with van der Waals surface area (Å²) in [5, 5.41) is 29.1. The third kappa shape index (κ3) is 5.07. The Morgan fingerprint density at radius 3 is 1.62 bits per heavy atom. The average molecular weight is 400 g/mol. The van der Waals surface area contributed by atoms with E-state index in [2.05, 4.69) is 0 Å². The van der Waals surface area contributed by atoms with Crippen LogP contribution in [-0.4, -0.2) is 48.6 Å². The number of aliphatic carboxylic acids is 1. The van der Waals surface area contributed by atoms with Gasteiger partial charge in [-0.2, -0.15) is 0 Å². The predicted octanol–water partition coefficient (Wildman–Crippen LogP) is 2.84. The lowest BCUT2D eigenvalue weighted by Crippen LogP contribution is -2.13. The summed E-state index contributed by atoms with van der Waals surface area (Å²) in [4.78, 5) is 24.2. The second kappa shape index (κ2) is 9.32. The summed E-state index contributed by atoms with van der Waals surface area (Å²) in [5.74, 6) is -2.13. The highest BCUT2D eigenvalue weighted by atomic mass is 16.5. The first-order chi connectivity index (χ1) is 13.8. The van der Waals surface area contributed by atoms with E-state index in [0.717, 1.165) is 7.11 Å². The van der Waals surface area contributed by atoms with Crippen molar-refractivity contribution in [3.05, 3.63) is 58.7 Å². The molecule has 0 heterocycles. The molecule has 0 saturated heterocycles. The fourth-order valence-electron chi connectivity index (χ4n) is 2.51. The van der Waals surface area contributed by atoms with E-state index in [1.54, 1.807) is 0 Å². The first kappa shape index (κ1) is 21.4.